The molecule has 17 heavy (non-hydrogen) atoms. The van der Waals surface area contributed by atoms with Crippen LogP contribution in [0.5, 0.6) is 0 Å². The van der Waals surface area contributed by atoms with Gasteiger partial charge in [0, 0.05) is 12.6 Å². The molecule has 2 nitrogen and oxygen atoms in total. The molecule has 2 rings (SSSR count). The summed E-state index contributed by atoms with van der Waals surface area (Å²) in [5.41, 5.74) is 0. The van der Waals surface area contributed by atoms with Gasteiger partial charge in [-0.05, 0) is 57.7 Å². The summed E-state index contributed by atoms with van der Waals surface area (Å²) in [5, 5.41) is 3.55. The van der Waals surface area contributed by atoms with Gasteiger partial charge in [-0.15, -0.1) is 0 Å². The van der Waals surface area contributed by atoms with E-state index in [9.17, 15) is 0 Å². The van der Waals surface area contributed by atoms with Gasteiger partial charge >= 0.3 is 0 Å². The van der Waals surface area contributed by atoms with E-state index in [-0.39, 0.29) is 0 Å². The number of nitrogens with one attached hydrogen (secondary N) is 1. The Bertz CT molecular complexity index is 211. The van der Waals surface area contributed by atoms with Crippen LogP contribution in [0.25, 0.3) is 0 Å². The molecule has 2 atom stereocenters. The van der Waals surface area contributed by atoms with Crippen molar-refractivity contribution in [2.75, 3.05) is 26.2 Å². The first-order valence-corrected chi connectivity index (χ1v) is 7.72. The van der Waals surface area contributed by atoms with E-state index in [0.717, 1.165) is 17.9 Å². The summed E-state index contributed by atoms with van der Waals surface area (Å²) in [5.74, 6) is 1.78. The summed E-state index contributed by atoms with van der Waals surface area (Å²) in [4.78, 5) is 2.78. The smallest absolute Gasteiger partial charge is 0.00953 e. The number of hydrogen-bond donors (Lipinski definition) is 1. The molecule has 1 saturated heterocycles. The Kier molecular flexibility index (Phi) is 5.30. The molecule has 0 aromatic rings. The first-order chi connectivity index (χ1) is 8.27. The molecule has 1 saturated carbocycles. The molecule has 1 heterocycles. The SMILES string of the molecule is CC1CNCCCN(C(C)C2CCCCC2)C1. The van der Waals surface area contributed by atoms with E-state index in [1.54, 1.807) is 0 Å². The van der Waals surface area contributed by atoms with Gasteiger partial charge in [-0.25, -0.2) is 0 Å². The molecule has 1 aliphatic carbocycles. The van der Waals surface area contributed by atoms with Crippen LogP contribution < -0.4 is 5.32 Å². The highest BCUT2D eigenvalue weighted by Crippen LogP contribution is 2.29. The first-order valence-electron chi connectivity index (χ1n) is 7.72. The summed E-state index contributed by atoms with van der Waals surface area (Å²) in [6, 6.07) is 0.816. The molecule has 0 aromatic carbocycles. The molecule has 0 amide bonds. The zero-order valence-corrected chi connectivity index (χ0v) is 11.8. The lowest BCUT2D eigenvalue weighted by atomic mass is 9.83. The first kappa shape index (κ1) is 13.4. The molecule has 1 N–H and O–H groups in total. The number of hydrogen-bond acceptors (Lipinski definition) is 2. The van der Waals surface area contributed by atoms with E-state index in [0.29, 0.717) is 0 Å². The molecule has 2 fully saturated rings. The van der Waals surface area contributed by atoms with Crippen LogP contribution in [0.1, 0.15) is 52.4 Å². The van der Waals surface area contributed by atoms with Crippen molar-refractivity contribution in [3.63, 3.8) is 0 Å². The molecular weight excluding hydrogens is 208 g/mol. The lowest BCUT2D eigenvalue weighted by Gasteiger charge is -2.39. The standard InChI is InChI=1S/C15H30N2/c1-13-11-16-9-6-10-17(12-13)14(2)15-7-4-3-5-8-15/h13-16H,3-12H2,1-2H3. The highest BCUT2D eigenvalue weighted by atomic mass is 15.2. The third kappa shape index (κ3) is 3.96. The Hall–Kier alpha value is -0.0800. The topological polar surface area (TPSA) is 15.3 Å². The van der Waals surface area contributed by atoms with Crippen LogP contribution in [0.2, 0.25) is 0 Å². The van der Waals surface area contributed by atoms with Gasteiger partial charge in [-0.1, -0.05) is 26.2 Å². The second-order valence-electron chi connectivity index (χ2n) is 6.30. The average molecular weight is 238 g/mol. The minimum atomic E-state index is 0.807. The molecule has 0 spiro atoms. The van der Waals surface area contributed by atoms with Gasteiger partial charge in [0.05, 0.1) is 0 Å². The quantitative estimate of drug-likeness (QED) is 0.796. The lowest BCUT2D eigenvalue weighted by Crippen LogP contribution is -2.46. The Morgan fingerprint density at radius 3 is 2.65 bits per heavy atom. The minimum Gasteiger partial charge on any atom is -0.316 e. The molecular formula is C15H30N2. The zero-order chi connectivity index (χ0) is 12.1. The Morgan fingerprint density at radius 1 is 1.12 bits per heavy atom. The van der Waals surface area contributed by atoms with Crippen molar-refractivity contribution in [1.29, 1.82) is 0 Å². The van der Waals surface area contributed by atoms with E-state index in [1.807, 2.05) is 0 Å². The van der Waals surface area contributed by atoms with E-state index >= 15 is 0 Å². The highest BCUT2D eigenvalue weighted by molar-refractivity contribution is 4.81. The van der Waals surface area contributed by atoms with E-state index in [1.165, 1.54) is 64.7 Å². The van der Waals surface area contributed by atoms with E-state index in [4.69, 9.17) is 0 Å². The summed E-state index contributed by atoms with van der Waals surface area (Å²) >= 11 is 0. The number of nitrogens with zero attached hydrogens (tertiary/aromatic N) is 1. The van der Waals surface area contributed by atoms with Gasteiger partial charge < -0.3 is 10.2 Å². The molecule has 0 radical (unpaired) electrons. The van der Waals surface area contributed by atoms with Crippen molar-refractivity contribution in [2.24, 2.45) is 11.8 Å². The van der Waals surface area contributed by atoms with Crippen LogP contribution in [0.4, 0.5) is 0 Å². The molecule has 0 bridgehead atoms. The van der Waals surface area contributed by atoms with E-state index in [2.05, 4.69) is 24.1 Å². The molecule has 0 aromatic heterocycles. The summed E-state index contributed by atoms with van der Waals surface area (Å²) in [6.45, 7) is 9.88. The van der Waals surface area contributed by atoms with Crippen LogP contribution in [0.15, 0.2) is 0 Å². The lowest BCUT2D eigenvalue weighted by molar-refractivity contribution is 0.106. The maximum absolute atomic E-state index is 3.55. The van der Waals surface area contributed by atoms with Gasteiger partial charge in [-0.2, -0.15) is 0 Å². The van der Waals surface area contributed by atoms with Crippen LogP contribution in [0.3, 0.4) is 0 Å². The van der Waals surface area contributed by atoms with Gasteiger partial charge in [0.2, 0.25) is 0 Å². The van der Waals surface area contributed by atoms with E-state index < -0.39 is 0 Å². The van der Waals surface area contributed by atoms with Crippen molar-refractivity contribution in [2.45, 2.75) is 58.4 Å². The molecule has 100 valence electrons. The van der Waals surface area contributed by atoms with Crippen LogP contribution >= 0.6 is 0 Å². The molecule has 1 aliphatic heterocycles. The van der Waals surface area contributed by atoms with Gasteiger partial charge in [0.15, 0.2) is 0 Å². The predicted molar refractivity (Wildman–Crippen MR) is 74.3 cm³/mol. The third-order valence-electron chi connectivity index (χ3n) is 4.75. The van der Waals surface area contributed by atoms with Gasteiger partial charge in [0.25, 0.3) is 0 Å². The van der Waals surface area contributed by atoms with Gasteiger partial charge in [0.1, 0.15) is 0 Å². The second-order valence-corrected chi connectivity index (χ2v) is 6.30. The van der Waals surface area contributed by atoms with Crippen molar-refractivity contribution in [3.05, 3.63) is 0 Å². The highest BCUT2D eigenvalue weighted by Gasteiger charge is 2.26. The fourth-order valence-electron chi connectivity index (χ4n) is 3.60. The van der Waals surface area contributed by atoms with Crippen molar-refractivity contribution < 1.29 is 0 Å². The molecule has 2 aliphatic rings. The monoisotopic (exact) mass is 238 g/mol. The third-order valence-corrected chi connectivity index (χ3v) is 4.75. The fourth-order valence-corrected chi connectivity index (χ4v) is 3.60. The van der Waals surface area contributed by atoms with Gasteiger partial charge in [-0.3, -0.25) is 0 Å². The maximum Gasteiger partial charge on any atom is 0.00953 e. The normalized spacial score (nSPS) is 31.8. The Morgan fingerprint density at radius 2 is 1.88 bits per heavy atom. The second kappa shape index (κ2) is 6.75. The maximum atomic E-state index is 3.55. The van der Waals surface area contributed by atoms with Crippen molar-refractivity contribution in [3.8, 4) is 0 Å². The Labute approximate surface area is 107 Å². The number of rotatable bonds is 2. The van der Waals surface area contributed by atoms with Crippen LogP contribution in [0, 0.1) is 11.8 Å². The summed E-state index contributed by atoms with van der Waals surface area (Å²) in [6.07, 6.45) is 8.70. The average Bonchev–Trinajstić information content (AvgIpc) is 2.34. The van der Waals surface area contributed by atoms with Crippen LogP contribution in [-0.4, -0.2) is 37.1 Å². The minimum absolute atomic E-state index is 0.807. The zero-order valence-electron chi connectivity index (χ0n) is 11.8. The largest absolute Gasteiger partial charge is 0.316 e. The summed E-state index contributed by atoms with van der Waals surface area (Å²) in [7, 11) is 0. The van der Waals surface area contributed by atoms with Crippen LogP contribution in [-0.2, 0) is 0 Å². The molecule has 2 heteroatoms. The van der Waals surface area contributed by atoms with Crippen molar-refractivity contribution >= 4 is 0 Å². The fraction of sp³-hybridized carbons (Fsp3) is 1.00. The predicted octanol–water partition coefficient (Wildman–Crippen LogP) is 2.89. The summed E-state index contributed by atoms with van der Waals surface area (Å²) < 4.78 is 0. The van der Waals surface area contributed by atoms with Crippen molar-refractivity contribution in [1.82, 2.24) is 10.2 Å². The molecule has 2 unspecified atom stereocenters. The Balaban J connectivity index is 1.88.